The summed E-state index contributed by atoms with van der Waals surface area (Å²) < 4.78 is 18.8. The van der Waals surface area contributed by atoms with Crippen molar-refractivity contribution in [3.05, 3.63) is 24.0 Å². The molecule has 2 rings (SSSR count). The lowest BCUT2D eigenvalue weighted by atomic mass is 9.98. The summed E-state index contributed by atoms with van der Waals surface area (Å²) in [6.45, 7) is 1.30. The fourth-order valence-corrected chi connectivity index (χ4v) is 2.32. The van der Waals surface area contributed by atoms with E-state index in [4.69, 9.17) is 10.5 Å². The number of anilines is 2. The number of benzene rings is 1. The molecule has 1 saturated carbocycles. The van der Waals surface area contributed by atoms with Crippen LogP contribution < -0.4 is 11.1 Å². The SMILES string of the molecule is Nc1ccc(F)cc1NCCOC1CCCCC1. The van der Waals surface area contributed by atoms with Crippen LogP contribution in [0.5, 0.6) is 0 Å². The Morgan fingerprint density at radius 1 is 1.28 bits per heavy atom. The molecule has 4 heteroatoms. The topological polar surface area (TPSA) is 47.3 Å². The molecule has 0 spiro atoms. The summed E-state index contributed by atoms with van der Waals surface area (Å²) in [7, 11) is 0. The van der Waals surface area contributed by atoms with Crippen LogP contribution in [0.1, 0.15) is 32.1 Å². The molecule has 1 aliphatic rings. The maximum absolute atomic E-state index is 13.0. The van der Waals surface area contributed by atoms with Crippen LogP contribution in [0.4, 0.5) is 15.8 Å². The molecular formula is C14H21FN2O. The van der Waals surface area contributed by atoms with E-state index in [9.17, 15) is 4.39 Å². The van der Waals surface area contributed by atoms with E-state index in [1.165, 1.54) is 44.2 Å². The lowest BCUT2D eigenvalue weighted by molar-refractivity contribution is 0.0347. The molecule has 18 heavy (non-hydrogen) atoms. The average molecular weight is 252 g/mol. The Hall–Kier alpha value is -1.29. The van der Waals surface area contributed by atoms with Gasteiger partial charge in [-0.05, 0) is 31.0 Å². The molecule has 0 atom stereocenters. The molecule has 100 valence electrons. The van der Waals surface area contributed by atoms with Crippen molar-refractivity contribution in [2.45, 2.75) is 38.2 Å². The van der Waals surface area contributed by atoms with Gasteiger partial charge in [-0.2, -0.15) is 0 Å². The van der Waals surface area contributed by atoms with Gasteiger partial charge in [0.1, 0.15) is 5.82 Å². The Kier molecular flexibility index (Phi) is 4.81. The number of rotatable bonds is 5. The van der Waals surface area contributed by atoms with Gasteiger partial charge >= 0.3 is 0 Å². The normalized spacial score (nSPS) is 16.7. The number of nitrogens with one attached hydrogen (secondary N) is 1. The van der Waals surface area contributed by atoms with Crippen molar-refractivity contribution in [1.29, 1.82) is 0 Å². The zero-order valence-corrected chi connectivity index (χ0v) is 10.6. The van der Waals surface area contributed by atoms with Crippen molar-refractivity contribution in [3.8, 4) is 0 Å². The van der Waals surface area contributed by atoms with Crippen LogP contribution in [0.2, 0.25) is 0 Å². The molecule has 3 N–H and O–H groups in total. The smallest absolute Gasteiger partial charge is 0.125 e. The van der Waals surface area contributed by atoms with Gasteiger partial charge < -0.3 is 15.8 Å². The number of hydrogen-bond donors (Lipinski definition) is 2. The largest absolute Gasteiger partial charge is 0.397 e. The first-order valence-electron chi connectivity index (χ1n) is 6.66. The molecule has 1 aromatic rings. The summed E-state index contributed by atoms with van der Waals surface area (Å²) in [5.74, 6) is -0.278. The molecule has 0 unspecified atom stereocenters. The third kappa shape index (κ3) is 3.88. The van der Waals surface area contributed by atoms with Gasteiger partial charge in [0.25, 0.3) is 0 Å². The van der Waals surface area contributed by atoms with E-state index < -0.39 is 0 Å². The van der Waals surface area contributed by atoms with Gasteiger partial charge in [-0.1, -0.05) is 19.3 Å². The molecule has 0 heterocycles. The number of ether oxygens (including phenoxy) is 1. The monoisotopic (exact) mass is 252 g/mol. The fourth-order valence-electron chi connectivity index (χ4n) is 2.32. The average Bonchev–Trinajstić information content (AvgIpc) is 2.40. The standard InChI is InChI=1S/C14H21FN2O/c15-11-6-7-13(16)14(10-11)17-8-9-18-12-4-2-1-3-5-12/h6-7,10,12,17H,1-5,8-9,16H2. The van der Waals surface area contributed by atoms with Crippen molar-refractivity contribution in [3.63, 3.8) is 0 Å². The fraction of sp³-hybridized carbons (Fsp3) is 0.571. The molecule has 1 aliphatic carbocycles. The van der Waals surface area contributed by atoms with E-state index in [0.29, 0.717) is 30.6 Å². The third-order valence-corrected chi connectivity index (χ3v) is 3.34. The summed E-state index contributed by atoms with van der Waals surface area (Å²) in [6.07, 6.45) is 6.62. The Morgan fingerprint density at radius 2 is 2.06 bits per heavy atom. The lowest BCUT2D eigenvalue weighted by Gasteiger charge is -2.22. The molecule has 0 amide bonds. The van der Waals surface area contributed by atoms with E-state index in [2.05, 4.69) is 5.32 Å². The number of nitrogens with two attached hydrogens (primary N) is 1. The van der Waals surface area contributed by atoms with Crippen LogP contribution in [0.15, 0.2) is 18.2 Å². The Bertz CT molecular complexity index is 378. The van der Waals surface area contributed by atoms with Crippen molar-refractivity contribution in [2.75, 3.05) is 24.2 Å². The minimum Gasteiger partial charge on any atom is -0.397 e. The third-order valence-electron chi connectivity index (χ3n) is 3.34. The Morgan fingerprint density at radius 3 is 2.83 bits per heavy atom. The van der Waals surface area contributed by atoms with Crippen LogP contribution in [-0.2, 0) is 4.74 Å². The zero-order chi connectivity index (χ0) is 12.8. The maximum atomic E-state index is 13.0. The van der Waals surface area contributed by atoms with Gasteiger partial charge in [0.15, 0.2) is 0 Å². The Balaban J connectivity index is 1.69. The summed E-state index contributed by atoms with van der Waals surface area (Å²) in [4.78, 5) is 0. The van der Waals surface area contributed by atoms with Crippen molar-refractivity contribution < 1.29 is 9.13 Å². The van der Waals surface area contributed by atoms with Gasteiger partial charge in [0.05, 0.1) is 24.1 Å². The molecule has 0 radical (unpaired) electrons. The number of halogens is 1. The van der Waals surface area contributed by atoms with Crippen molar-refractivity contribution in [2.24, 2.45) is 0 Å². The minimum atomic E-state index is -0.278. The predicted molar refractivity (Wildman–Crippen MR) is 72.1 cm³/mol. The first-order valence-corrected chi connectivity index (χ1v) is 6.66. The van der Waals surface area contributed by atoms with E-state index in [1.807, 2.05) is 0 Å². The summed E-state index contributed by atoms with van der Waals surface area (Å²) >= 11 is 0. The number of nitrogen functional groups attached to an aromatic ring is 1. The lowest BCUT2D eigenvalue weighted by Crippen LogP contribution is -2.20. The zero-order valence-electron chi connectivity index (χ0n) is 10.6. The van der Waals surface area contributed by atoms with Gasteiger partial charge in [0.2, 0.25) is 0 Å². The van der Waals surface area contributed by atoms with Crippen LogP contribution in [-0.4, -0.2) is 19.3 Å². The van der Waals surface area contributed by atoms with E-state index in [1.54, 1.807) is 6.07 Å². The first-order chi connectivity index (χ1) is 8.75. The first kappa shape index (κ1) is 13.1. The van der Waals surface area contributed by atoms with E-state index in [0.717, 1.165) is 0 Å². The van der Waals surface area contributed by atoms with Gasteiger partial charge in [-0.3, -0.25) is 0 Å². The van der Waals surface area contributed by atoms with Gasteiger partial charge in [-0.25, -0.2) is 4.39 Å². The molecular weight excluding hydrogens is 231 g/mol. The van der Waals surface area contributed by atoms with Crippen LogP contribution >= 0.6 is 0 Å². The van der Waals surface area contributed by atoms with Crippen molar-refractivity contribution in [1.82, 2.24) is 0 Å². The summed E-state index contributed by atoms with van der Waals surface area (Å²) in [6, 6.07) is 4.34. The molecule has 0 saturated heterocycles. The van der Waals surface area contributed by atoms with E-state index in [-0.39, 0.29) is 5.82 Å². The molecule has 0 aliphatic heterocycles. The second-order valence-electron chi connectivity index (χ2n) is 4.79. The summed E-state index contributed by atoms with van der Waals surface area (Å²) in [5.41, 5.74) is 6.95. The summed E-state index contributed by atoms with van der Waals surface area (Å²) in [5, 5.41) is 3.10. The Labute approximate surface area is 108 Å². The van der Waals surface area contributed by atoms with Gasteiger partial charge in [0, 0.05) is 6.54 Å². The molecule has 0 aromatic heterocycles. The quantitative estimate of drug-likeness (QED) is 0.625. The van der Waals surface area contributed by atoms with E-state index >= 15 is 0 Å². The highest BCUT2D eigenvalue weighted by Gasteiger charge is 2.13. The van der Waals surface area contributed by atoms with Gasteiger partial charge in [-0.15, -0.1) is 0 Å². The number of hydrogen-bond acceptors (Lipinski definition) is 3. The van der Waals surface area contributed by atoms with Crippen LogP contribution in [0.25, 0.3) is 0 Å². The van der Waals surface area contributed by atoms with Crippen LogP contribution in [0.3, 0.4) is 0 Å². The highest BCUT2D eigenvalue weighted by Crippen LogP contribution is 2.21. The maximum Gasteiger partial charge on any atom is 0.125 e. The second kappa shape index (κ2) is 6.59. The minimum absolute atomic E-state index is 0.278. The highest BCUT2D eigenvalue weighted by atomic mass is 19.1. The highest BCUT2D eigenvalue weighted by molar-refractivity contribution is 5.65. The predicted octanol–water partition coefficient (Wildman–Crippen LogP) is 3.17. The van der Waals surface area contributed by atoms with Crippen molar-refractivity contribution >= 4 is 11.4 Å². The second-order valence-corrected chi connectivity index (χ2v) is 4.79. The molecule has 1 aromatic carbocycles. The molecule has 0 bridgehead atoms. The molecule has 3 nitrogen and oxygen atoms in total. The van der Waals surface area contributed by atoms with Crippen LogP contribution in [0, 0.1) is 5.82 Å². The molecule has 1 fully saturated rings.